The first-order valence-corrected chi connectivity index (χ1v) is 12.0. The van der Waals surface area contributed by atoms with Crippen molar-refractivity contribution in [1.29, 1.82) is 0 Å². The van der Waals surface area contributed by atoms with Gasteiger partial charge in [-0.3, -0.25) is 24.5 Å². The third kappa shape index (κ3) is 5.05. The number of nitrogens with two attached hydrogens (primary N) is 1. The monoisotopic (exact) mass is 496 g/mol. The molecule has 4 amide bonds. The molecule has 13 heteroatoms. The second-order valence-electron chi connectivity index (χ2n) is 9.13. The third-order valence-electron chi connectivity index (χ3n) is 6.43. The number of nitrogens with zero attached hydrogens (tertiary/aromatic N) is 2. The lowest BCUT2D eigenvalue weighted by Crippen LogP contribution is -2.66. The SMILES string of the molecule is CC(NC(=O)CNCC(N)=O)[C@H]1C(=O)N2C(C(=O)O)=C(S[C@@H]3CN[C@H](C(=O)N(C)C)C3)[C@H](C)[C@H]12. The van der Waals surface area contributed by atoms with Gasteiger partial charge in [0.15, 0.2) is 0 Å². The number of carboxylic acids is 1. The number of aliphatic carboxylic acids is 1. The molecule has 3 aliphatic heterocycles. The lowest BCUT2D eigenvalue weighted by Gasteiger charge is -2.47. The third-order valence-corrected chi connectivity index (χ3v) is 7.94. The lowest BCUT2D eigenvalue weighted by atomic mass is 9.78. The van der Waals surface area contributed by atoms with E-state index in [4.69, 9.17) is 5.73 Å². The van der Waals surface area contributed by atoms with Crippen LogP contribution in [0.1, 0.15) is 20.3 Å². The van der Waals surface area contributed by atoms with E-state index in [9.17, 15) is 29.1 Å². The van der Waals surface area contributed by atoms with E-state index in [1.54, 1.807) is 21.0 Å². The highest BCUT2D eigenvalue weighted by molar-refractivity contribution is 8.03. The molecule has 6 N–H and O–H groups in total. The highest BCUT2D eigenvalue weighted by Crippen LogP contribution is 2.51. The van der Waals surface area contributed by atoms with Gasteiger partial charge >= 0.3 is 5.97 Å². The second-order valence-corrected chi connectivity index (χ2v) is 10.5. The van der Waals surface area contributed by atoms with Gasteiger partial charge < -0.3 is 31.3 Å². The van der Waals surface area contributed by atoms with Crippen molar-refractivity contribution >= 4 is 41.4 Å². The summed E-state index contributed by atoms with van der Waals surface area (Å²) < 4.78 is 0. The molecule has 34 heavy (non-hydrogen) atoms. The fourth-order valence-electron chi connectivity index (χ4n) is 4.86. The molecule has 0 aromatic heterocycles. The largest absolute Gasteiger partial charge is 0.477 e. The van der Waals surface area contributed by atoms with Gasteiger partial charge in [-0.15, -0.1) is 11.8 Å². The molecule has 6 atom stereocenters. The molecule has 2 fully saturated rings. The van der Waals surface area contributed by atoms with Crippen LogP contribution in [-0.2, 0) is 24.0 Å². The van der Waals surface area contributed by atoms with Gasteiger partial charge in [-0.05, 0) is 13.3 Å². The van der Waals surface area contributed by atoms with Crippen LogP contribution in [0.25, 0.3) is 0 Å². The molecular formula is C21H32N6O6S. The van der Waals surface area contributed by atoms with Crippen molar-refractivity contribution < 1.29 is 29.1 Å². The Hall–Kier alpha value is -2.64. The van der Waals surface area contributed by atoms with Gasteiger partial charge in [0, 0.05) is 42.8 Å². The lowest BCUT2D eigenvalue weighted by molar-refractivity contribution is -0.158. The topological polar surface area (TPSA) is 174 Å². The molecule has 0 spiro atoms. The van der Waals surface area contributed by atoms with Gasteiger partial charge in [-0.2, -0.15) is 0 Å². The van der Waals surface area contributed by atoms with E-state index < -0.39 is 23.8 Å². The number of likely N-dealkylation sites (N-methyl/N-ethyl adjacent to an activating group) is 1. The maximum absolute atomic E-state index is 13.0. The summed E-state index contributed by atoms with van der Waals surface area (Å²) in [7, 11) is 3.39. The van der Waals surface area contributed by atoms with Crippen LogP contribution in [0.3, 0.4) is 0 Å². The number of primary amides is 1. The number of carboxylic acid groups (broad SMARTS) is 1. The minimum absolute atomic E-state index is 0.00130. The maximum Gasteiger partial charge on any atom is 0.353 e. The molecule has 3 rings (SSSR count). The molecule has 0 saturated carbocycles. The van der Waals surface area contributed by atoms with Crippen molar-refractivity contribution in [2.24, 2.45) is 17.6 Å². The van der Waals surface area contributed by atoms with Gasteiger partial charge in [-0.1, -0.05) is 6.92 Å². The molecule has 3 aliphatic rings. The first-order valence-electron chi connectivity index (χ1n) is 11.1. The van der Waals surface area contributed by atoms with Crippen LogP contribution in [0.15, 0.2) is 10.6 Å². The van der Waals surface area contributed by atoms with Crippen LogP contribution < -0.4 is 21.7 Å². The highest BCUT2D eigenvalue weighted by atomic mass is 32.2. The molecule has 1 unspecified atom stereocenters. The van der Waals surface area contributed by atoms with E-state index in [1.807, 2.05) is 6.92 Å². The Morgan fingerprint density at radius 3 is 2.56 bits per heavy atom. The van der Waals surface area contributed by atoms with E-state index in [2.05, 4.69) is 16.0 Å². The molecule has 0 aliphatic carbocycles. The maximum atomic E-state index is 13.0. The summed E-state index contributed by atoms with van der Waals surface area (Å²) >= 11 is 1.41. The molecule has 0 bridgehead atoms. The number of carbonyl (C=O) groups excluding carboxylic acids is 4. The zero-order valence-electron chi connectivity index (χ0n) is 19.7. The van der Waals surface area contributed by atoms with Gasteiger partial charge in [0.1, 0.15) is 5.70 Å². The van der Waals surface area contributed by atoms with E-state index in [0.29, 0.717) is 17.9 Å². The predicted octanol–water partition coefficient (Wildman–Crippen LogP) is -2.11. The number of β-lactam (4-membered cyclic amide) rings is 1. The van der Waals surface area contributed by atoms with Crippen LogP contribution in [0.4, 0.5) is 0 Å². The number of carbonyl (C=O) groups is 5. The zero-order chi connectivity index (χ0) is 25.3. The van der Waals surface area contributed by atoms with Crippen molar-refractivity contribution in [3.8, 4) is 0 Å². The summed E-state index contributed by atoms with van der Waals surface area (Å²) in [5, 5.41) is 18.4. The summed E-state index contributed by atoms with van der Waals surface area (Å²) in [4.78, 5) is 63.8. The van der Waals surface area contributed by atoms with Gasteiger partial charge in [0.2, 0.25) is 23.6 Å². The Morgan fingerprint density at radius 2 is 1.97 bits per heavy atom. The van der Waals surface area contributed by atoms with Crippen molar-refractivity contribution in [1.82, 2.24) is 25.8 Å². The quantitative estimate of drug-likeness (QED) is 0.212. The molecule has 12 nitrogen and oxygen atoms in total. The van der Waals surface area contributed by atoms with E-state index in [-0.39, 0.29) is 59.8 Å². The fourth-order valence-corrected chi connectivity index (χ4v) is 6.34. The van der Waals surface area contributed by atoms with Crippen LogP contribution in [0.5, 0.6) is 0 Å². The number of hydrogen-bond acceptors (Lipinski definition) is 8. The molecule has 188 valence electrons. The molecule has 3 heterocycles. The van der Waals surface area contributed by atoms with Crippen LogP contribution in [-0.4, -0.2) is 102 Å². The number of fused-ring (bicyclic) bond motifs is 1. The van der Waals surface area contributed by atoms with E-state index >= 15 is 0 Å². The number of amides is 4. The first kappa shape index (κ1) is 26.0. The summed E-state index contributed by atoms with van der Waals surface area (Å²) in [6.45, 7) is 3.90. The van der Waals surface area contributed by atoms with Gasteiger partial charge in [0.25, 0.3) is 0 Å². The summed E-state index contributed by atoms with van der Waals surface area (Å²) in [5.41, 5.74) is 5.03. The minimum atomic E-state index is -1.16. The average Bonchev–Trinajstić information content (AvgIpc) is 3.29. The van der Waals surface area contributed by atoms with E-state index in [1.165, 1.54) is 21.6 Å². The molecular weight excluding hydrogens is 464 g/mol. The van der Waals surface area contributed by atoms with Crippen LogP contribution in [0.2, 0.25) is 0 Å². The standard InChI is InChI=1S/C21H32N6O6S/c1-9-16-15(10(2)25-14(29)8-23-7-13(22)28)20(31)27(16)17(21(32)33)18(9)34-11-5-12(24-6-11)19(30)26(3)4/h9-12,15-16,23-24H,5-8H2,1-4H3,(H2,22,28)(H,25,29)(H,32,33)/t9-,10?,11+,12+,15-,16-/m1/s1. The van der Waals surface area contributed by atoms with Crippen LogP contribution >= 0.6 is 11.8 Å². The summed E-state index contributed by atoms with van der Waals surface area (Å²) in [6, 6.07) is -1.21. The van der Waals surface area contributed by atoms with Crippen molar-refractivity contribution in [3.63, 3.8) is 0 Å². The van der Waals surface area contributed by atoms with Crippen molar-refractivity contribution in [2.75, 3.05) is 33.7 Å². The molecule has 0 radical (unpaired) electrons. The zero-order valence-corrected chi connectivity index (χ0v) is 20.5. The highest BCUT2D eigenvalue weighted by Gasteiger charge is 2.60. The number of hydrogen-bond donors (Lipinski definition) is 5. The Labute approximate surface area is 202 Å². The van der Waals surface area contributed by atoms with Crippen molar-refractivity contribution in [3.05, 3.63) is 10.6 Å². The number of rotatable bonds is 10. The fraction of sp³-hybridized carbons (Fsp3) is 0.667. The number of thioether (sulfide) groups is 1. The van der Waals surface area contributed by atoms with Crippen LogP contribution in [0, 0.1) is 11.8 Å². The smallest absolute Gasteiger partial charge is 0.353 e. The summed E-state index contributed by atoms with van der Waals surface area (Å²) in [6.07, 6.45) is 0.567. The first-order chi connectivity index (χ1) is 15.9. The second kappa shape index (κ2) is 10.3. The Balaban J connectivity index is 1.67. The predicted molar refractivity (Wildman–Crippen MR) is 124 cm³/mol. The molecule has 0 aromatic rings. The molecule has 2 saturated heterocycles. The average molecular weight is 497 g/mol. The Bertz CT molecular complexity index is 923. The van der Waals surface area contributed by atoms with E-state index in [0.717, 1.165) is 0 Å². The molecule has 0 aromatic carbocycles. The van der Waals surface area contributed by atoms with Gasteiger partial charge in [-0.25, -0.2) is 4.79 Å². The van der Waals surface area contributed by atoms with Gasteiger partial charge in [0.05, 0.1) is 31.1 Å². The Morgan fingerprint density at radius 1 is 1.29 bits per heavy atom. The van der Waals surface area contributed by atoms with Crippen molar-refractivity contribution in [2.45, 2.75) is 43.6 Å². The normalized spacial score (nSPS) is 28.9. The summed E-state index contributed by atoms with van der Waals surface area (Å²) in [5.74, 6) is -3.29. The number of nitrogens with one attached hydrogen (secondary N) is 3. The minimum Gasteiger partial charge on any atom is -0.477 e. The Kier molecular flexibility index (Phi) is 7.88.